The molecule has 0 aromatic heterocycles. The van der Waals surface area contributed by atoms with Crippen molar-refractivity contribution in [3.05, 3.63) is 11.4 Å². The summed E-state index contributed by atoms with van der Waals surface area (Å²) in [6.45, 7) is 4.88. The molecular weight excluding hydrogens is 276 g/mol. The number of nitrogens with zero attached hydrogens (tertiary/aromatic N) is 5. The van der Waals surface area contributed by atoms with E-state index in [0.717, 1.165) is 39.3 Å². The van der Waals surface area contributed by atoms with Crippen molar-refractivity contribution in [3.63, 3.8) is 0 Å². The maximum atomic E-state index is 11.5. The second-order valence-corrected chi connectivity index (χ2v) is 4.56. The van der Waals surface area contributed by atoms with Crippen molar-refractivity contribution >= 4 is 5.97 Å². The quantitative estimate of drug-likeness (QED) is 0.425. The standard InChI is InChI=1S/C12H18N6O3/c1-20-12(19)10(9-13)11-14-15-16-18(11)4-2-3-17-5-7-21-8-6-17/h2-8H2,1H3,(H,14,16)/b11-10-. The third-order valence-corrected chi connectivity index (χ3v) is 3.25. The topological polar surface area (TPSA) is 103 Å². The van der Waals surface area contributed by atoms with E-state index in [9.17, 15) is 4.79 Å². The molecule has 2 heterocycles. The SMILES string of the molecule is COC(=O)/C(C#N)=C1/N=NNN1CCCN1CCOCC1. The summed E-state index contributed by atoms with van der Waals surface area (Å²) in [6, 6.07) is 1.81. The van der Waals surface area contributed by atoms with E-state index in [-0.39, 0.29) is 11.4 Å². The molecule has 0 atom stereocenters. The predicted molar refractivity (Wildman–Crippen MR) is 71.2 cm³/mol. The van der Waals surface area contributed by atoms with Gasteiger partial charge in [-0.15, -0.1) is 5.11 Å². The summed E-state index contributed by atoms with van der Waals surface area (Å²) in [5.41, 5.74) is 2.51. The van der Waals surface area contributed by atoms with Crippen molar-refractivity contribution in [3.8, 4) is 6.07 Å². The Kier molecular flexibility index (Phi) is 5.48. The van der Waals surface area contributed by atoms with Gasteiger partial charge < -0.3 is 9.47 Å². The van der Waals surface area contributed by atoms with Crippen LogP contribution in [0.2, 0.25) is 0 Å². The Bertz CT molecular complexity index is 478. The molecule has 9 heteroatoms. The van der Waals surface area contributed by atoms with Gasteiger partial charge in [0.25, 0.3) is 0 Å². The molecule has 2 aliphatic heterocycles. The molecule has 0 aliphatic carbocycles. The Morgan fingerprint density at radius 1 is 1.48 bits per heavy atom. The fraction of sp³-hybridized carbons (Fsp3) is 0.667. The van der Waals surface area contributed by atoms with E-state index < -0.39 is 5.97 Å². The number of carbonyl (C=O) groups is 1. The zero-order valence-electron chi connectivity index (χ0n) is 11.9. The van der Waals surface area contributed by atoms with Crippen LogP contribution in [0.1, 0.15) is 6.42 Å². The highest BCUT2D eigenvalue weighted by atomic mass is 16.5. The van der Waals surface area contributed by atoms with Gasteiger partial charge in [-0.2, -0.15) is 10.8 Å². The molecule has 0 aromatic rings. The molecule has 1 saturated heterocycles. The number of carbonyl (C=O) groups excluding carboxylic acids is 1. The van der Waals surface area contributed by atoms with Crippen LogP contribution in [0.4, 0.5) is 0 Å². The normalized spacial score (nSPS) is 20.9. The van der Waals surface area contributed by atoms with E-state index in [1.165, 1.54) is 7.11 Å². The predicted octanol–water partition coefficient (Wildman–Crippen LogP) is -0.196. The first kappa shape index (κ1) is 15.2. The van der Waals surface area contributed by atoms with Crippen LogP contribution in [-0.2, 0) is 14.3 Å². The molecular formula is C12H18N6O3. The molecule has 2 aliphatic rings. The summed E-state index contributed by atoms with van der Waals surface area (Å²) in [7, 11) is 1.22. The number of morpholine rings is 1. The molecule has 1 fully saturated rings. The number of ether oxygens (including phenoxy) is 2. The van der Waals surface area contributed by atoms with E-state index >= 15 is 0 Å². The van der Waals surface area contributed by atoms with Crippen molar-refractivity contribution in [1.82, 2.24) is 15.4 Å². The number of hydrazine groups is 1. The number of methoxy groups -OCH3 is 1. The summed E-state index contributed by atoms with van der Waals surface area (Å²) in [5.74, 6) is -0.514. The fourth-order valence-corrected chi connectivity index (χ4v) is 2.13. The van der Waals surface area contributed by atoms with E-state index in [0.29, 0.717) is 6.54 Å². The van der Waals surface area contributed by atoms with Crippen LogP contribution in [0.25, 0.3) is 0 Å². The van der Waals surface area contributed by atoms with Gasteiger partial charge in [-0.25, -0.2) is 4.79 Å². The molecule has 0 radical (unpaired) electrons. The summed E-state index contributed by atoms with van der Waals surface area (Å²) >= 11 is 0. The van der Waals surface area contributed by atoms with Gasteiger partial charge in [-0.1, -0.05) is 5.22 Å². The molecule has 0 bridgehead atoms. The molecule has 0 unspecified atom stereocenters. The number of hydrogen-bond donors (Lipinski definition) is 1. The van der Waals surface area contributed by atoms with Gasteiger partial charge >= 0.3 is 5.97 Å². The van der Waals surface area contributed by atoms with Gasteiger partial charge in [0.1, 0.15) is 6.07 Å². The Hall–Kier alpha value is -2.18. The number of nitriles is 1. The summed E-state index contributed by atoms with van der Waals surface area (Å²) in [5, 5.41) is 18.1. The highest BCUT2D eigenvalue weighted by Crippen LogP contribution is 2.16. The lowest BCUT2D eigenvalue weighted by atomic mass is 10.2. The highest BCUT2D eigenvalue weighted by Gasteiger charge is 2.24. The van der Waals surface area contributed by atoms with Gasteiger partial charge in [0.2, 0.25) is 0 Å². The number of nitrogens with one attached hydrogen (secondary N) is 1. The molecule has 0 aromatic carbocycles. The van der Waals surface area contributed by atoms with Crippen molar-refractivity contribution in [1.29, 1.82) is 5.26 Å². The van der Waals surface area contributed by atoms with Gasteiger partial charge in [0.15, 0.2) is 11.4 Å². The zero-order chi connectivity index (χ0) is 15.1. The van der Waals surface area contributed by atoms with E-state index in [4.69, 9.17) is 10.00 Å². The molecule has 21 heavy (non-hydrogen) atoms. The average molecular weight is 294 g/mol. The van der Waals surface area contributed by atoms with E-state index in [1.807, 2.05) is 6.07 Å². The van der Waals surface area contributed by atoms with Crippen LogP contribution >= 0.6 is 0 Å². The van der Waals surface area contributed by atoms with Crippen molar-refractivity contribution in [2.75, 3.05) is 46.5 Å². The van der Waals surface area contributed by atoms with Gasteiger partial charge in [-0.05, 0) is 6.42 Å². The Balaban J connectivity index is 1.89. The monoisotopic (exact) mass is 294 g/mol. The Morgan fingerprint density at radius 3 is 2.90 bits per heavy atom. The molecule has 0 amide bonds. The van der Waals surface area contributed by atoms with Gasteiger partial charge in [-0.3, -0.25) is 9.91 Å². The van der Waals surface area contributed by atoms with Crippen molar-refractivity contribution in [2.45, 2.75) is 6.42 Å². The van der Waals surface area contributed by atoms with Gasteiger partial charge in [0.05, 0.1) is 20.3 Å². The third kappa shape index (κ3) is 3.90. The minimum absolute atomic E-state index is 0.155. The van der Waals surface area contributed by atoms with E-state index in [1.54, 1.807) is 5.01 Å². The molecule has 114 valence electrons. The van der Waals surface area contributed by atoms with Crippen LogP contribution in [0.5, 0.6) is 0 Å². The second kappa shape index (κ2) is 7.56. The summed E-state index contributed by atoms with van der Waals surface area (Å²) in [4.78, 5) is 13.8. The first-order chi connectivity index (χ1) is 10.3. The van der Waals surface area contributed by atoms with Crippen LogP contribution in [0.15, 0.2) is 21.7 Å². The van der Waals surface area contributed by atoms with Crippen LogP contribution in [-0.4, -0.2) is 62.4 Å². The van der Waals surface area contributed by atoms with Crippen molar-refractivity contribution in [2.24, 2.45) is 10.3 Å². The average Bonchev–Trinajstić information content (AvgIpc) is 2.97. The molecule has 0 saturated carbocycles. The Morgan fingerprint density at radius 2 is 2.24 bits per heavy atom. The summed E-state index contributed by atoms with van der Waals surface area (Å²) in [6.07, 6.45) is 0.849. The molecule has 0 spiro atoms. The summed E-state index contributed by atoms with van der Waals surface area (Å²) < 4.78 is 9.86. The minimum atomic E-state index is -0.715. The van der Waals surface area contributed by atoms with Gasteiger partial charge in [0, 0.05) is 26.2 Å². The molecule has 9 nitrogen and oxygen atoms in total. The zero-order valence-corrected chi connectivity index (χ0v) is 11.9. The number of rotatable bonds is 5. The fourth-order valence-electron chi connectivity index (χ4n) is 2.13. The maximum absolute atomic E-state index is 11.5. The molecule has 1 N–H and O–H groups in total. The minimum Gasteiger partial charge on any atom is -0.465 e. The molecule has 2 rings (SSSR count). The first-order valence-electron chi connectivity index (χ1n) is 6.73. The largest absolute Gasteiger partial charge is 0.465 e. The lowest BCUT2D eigenvalue weighted by molar-refractivity contribution is -0.135. The van der Waals surface area contributed by atoms with Crippen molar-refractivity contribution < 1.29 is 14.3 Å². The van der Waals surface area contributed by atoms with E-state index in [2.05, 4.69) is 25.5 Å². The lowest BCUT2D eigenvalue weighted by Crippen LogP contribution is -2.39. The van der Waals surface area contributed by atoms with Crippen LogP contribution < -0.4 is 5.53 Å². The van der Waals surface area contributed by atoms with Crippen LogP contribution in [0, 0.1) is 11.3 Å². The number of hydrogen-bond acceptors (Lipinski definition) is 9. The smallest absolute Gasteiger partial charge is 0.352 e. The number of esters is 1. The maximum Gasteiger partial charge on any atom is 0.352 e. The lowest BCUT2D eigenvalue weighted by Gasteiger charge is -2.27. The first-order valence-corrected chi connectivity index (χ1v) is 6.73. The second-order valence-electron chi connectivity index (χ2n) is 4.56. The highest BCUT2D eigenvalue weighted by molar-refractivity contribution is 5.93. The Labute approximate surface area is 122 Å². The van der Waals surface area contributed by atoms with Crippen LogP contribution in [0.3, 0.4) is 0 Å². The third-order valence-electron chi connectivity index (χ3n) is 3.25.